The van der Waals surface area contributed by atoms with Gasteiger partial charge in [-0.15, -0.1) is 0 Å². The largest absolute Gasteiger partial charge is 0.386 e. The molecule has 0 saturated carbocycles. The second kappa shape index (κ2) is 19.4. The third-order valence-corrected chi connectivity index (χ3v) is 6.26. The number of halogens is 5. The van der Waals surface area contributed by atoms with Gasteiger partial charge in [-0.1, -0.05) is 58.3 Å². The first-order valence-corrected chi connectivity index (χ1v) is 13.2. The lowest BCUT2D eigenvalue weighted by atomic mass is 9.96. The zero-order chi connectivity index (χ0) is 27.4. The van der Waals surface area contributed by atoms with Crippen molar-refractivity contribution in [2.24, 2.45) is 0 Å². The van der Waals surface area contributed by atoms with Crippen molar-refractivity contribution in [1.29, 1.82) is 0 Å². The van der Waals surface area contributed by atoms with E-state index in [-0.39, 0.29) is 33.3 Å². The van der Waals surface area contributed by atoms with Crippen LogP contribution in [-0.2, 0) is 25.4 Å². The Kier molecular flexibility index (Phi) is 21.5. The lowest BCUT2D eigenvalue weighted by Crippen LogP contribution is -2.24. The molecule has 0 aromatic heterocycles. The van der Waals surface area contributed by atoms with Crippen LogP contribution in [0, 0.1) is 25.5 Å². The second-order valence-corrected chi connectivity index (χ2v) is 10.5. The van der Waals surface area contributed by atoms with Gasteiger partial charge in [0.05, 0.1) is 11.2 Å². The van der Waals surface area contributed by atoms with Gasteiger partial charge in [-0.05, 0) is 102 Å². The first-order valence-electron chi connectivity index (χ1n) is 11.1. The molecule has 37 heavy (non-hydrogen) atoms. The maximum Gasteiger partial charge on any atom is 0.147 e. The Morgan fingerprint density at radius 3 is 1.57 bits per heavy atom. The summed E-state index contributed by atoms with van der Waals surface area (Å²) in [6, 6.07) is 6.61. The average molecular weight is 679 g/mol. The van der Waals surface area contributed by atoms with Crippen LogP contribution in [0.1, 0.15) is 78.6 Å². The van der Waals surface area contributed by atoms with Gasteiger partial charge in [-0.3, -0.25) is 0 Å². The highest BCUT2D eigenvalue weighted by Gasteiger charge is 2.25. The molecule has 0 bridgehead atoms. The molecule has 0 atom stereocenters. The molecular formula is C28H45Br2ClF2O4. The first-order chi connectivity index (χ1) is 16.1. The summed E-state index contributed by atoms with van der Waals surface area (Å²) in [4.78, 5) is 0. The predicted molar refractivity (Wildman–Crippen MR) is 159 cm³/mol. The molecule has 4 nitrogen and oxygen atoms in total. The van der Waals surface area contributed by atoms with Gasteiger partial charge in [-0.25, -0.2) is 8.78 Å². The Balaban J connectivity index is -0.000000516. The predicted octanol–water partition coefficient (Wildman–Crippen LogP) is 9.76. The molecule has 0 heterocycles. The SMILES string of the molecule is C.C.CCOCCl.CCOCOC(C)(C)c1cc(C)c(F)cc1Br.Cc1cc(C(C)(C)O)c(Br)cc1F. The highest BCUT2D eigenvalue weighted by atomic mass is 79.9. The number of rotatable bonds is 8. The molecule has 0 amide bonds. The van der Waals surface area contributed by atoms with E-state index in [9.17, 15) is 13.9 Å². The molecule has 0 unspecified atom stereocenters. The van der Waals surface area contributed by atoms with Crippen LogP contribution in [0.15, 0.2) is 33.2 Å². The van der Waals surface area contributed by atoms with Crippen LogP contribution in [-0.4, -0.2) is 31.2 Å². The average Bonchev–Trinajstić information content (AvgIpc) is 2.74. The molecule has 0 fully saturated rings. The minimum atomic E-state index is -0.947. The standard InChI is InChI=1S/C13H18BrFO2.C10H12BrFO.C3H7ClO.2CH4/c1-5-16-8-17-13(3,4)10-6-9(2)12(15)7-11(10)14;1-6-4-7(10(2,3)13)8(11)5-9(6)12;1-2-5-3-4;;/h6-7H,5,8H2,1-4H3;4-5,13H,1-3H3;2-3H2,1H3;2*1H4. The van der Waals surface area contributed by atoms with Crippen molar-refractivity contribution in [3.8, 4) is 0 Å². The summed E-state index contributed by atoms with van der Waals surface area (Å²) in [7, 11) is 0. The van der Waals surface area contributed by atoms with Crippen molar-refractivity contribution in [3.05, 3.63) is 67.1 Å². The summed E-state index contributed by atoms with van der Waals surface area (Å²) in [5.41, 5.74) is 1.29. The zero-order valence-electron chi connectivity index (χ0n) is 21.7. The molecule has 0 saturated heterocycles. The molecule has 0 aliphatic rings. The minimum absolute atomic E-state index is 0. The van der Waals surface area contributed by atoms with Gasteiger partial charge in [0.15, 0.2) is 0 Å². The lowest BCUT2D eigenvalue weighted by Gasteiger charge is -2.27. The van der Waals surface area contributed by atoms with E-state index in [2.05, 4.69) is 36.6 Å². The molecule has 216 valence electrons. The van der Waals surface area contributed by atoms with Gasteiger partial charge in [0.1, 0.15) is 24.5 Å². The van der Waals surface area contributed by atoms with Gasteiger partial charge < -0.3 is 19.3 Å². The minimum Gasteiger partial charge on any atom is -0.386 e. The monoisotopic (exact) mass is 676 g/mol. The molecule has 0 radical (unpaired) electrons. The lowest BCUT2D eigenvalue weighted by molar-refractivity contribution is -0.129. The molecule has 2 aromatic rings. The van der Waals surface area contributed by atoms with Crippen molar-refractivity contribution in [1.82, 2.24) is 0 Å². The van der Waals surface area contributed by atoms with Crippen LogP contribution in [0.3, 0.4) is 0 Å². The van der Waals surface area contributed by atoms with Crippen molar-refractivity contribution in [2.45, 2.75) is 81.4 Å². The molecule has 0 spiro atoms. The first kappa shape index (κ1) is 40.9. The van der Waals surface area contributed by atoms with Gasteiger partial charge >= 0.3 is 0 Å². The fourth-order valence-corrected chi connectivity index (χ4v) is 4.42. The summed E-state index contributed by atoms with van der Waals surface area (Å²) in [5.74, 6) is -0.485. The maximum absolute atomic E-state index is 13.4. The summed E-state index contributed by atoms with van der Waals surface area (Å²) < 4.78 is 43.1. The molecule has 2 aromatic carbocycles. The Morgan fingerprint density at radius 2 is 1.22 bits per heavy atom. The summed E-state index contributed by atoms with van der Waals surface area (Å²) in [6.07, 6.45) is 0. The molecule has 1 N–H and O–H groups in total. The van der Waals surface area contributed by atoms with Crippen LogP contribution >= 0.6 is 43.5 Å². The Hall–Kier alpha value is -0.610. The van der Waals surface area contributed by atoms with Crippen LogP contribution in [0.5, 0.6) is 0 Å². The summed E-state index contributed by atoms with van der Waals surface area (Å²) in [5, 5.41) is 9.73. The molecule has 0 aliphatic heterocycles. The number of benzene rings is 2. The summed E-state index contributed by atoms with van der Waals surface area (Å²) >= 11 is 11.7. The van der Waals surface area contributed by atoms with E-state index >= 15 is 0 Å². The molecular weight excluding hydrogens is 634 g/mol. The van der Waals surface area contributed by atoms with Crippen LogP contribution in [0.4, 0.5) is 8.78 Å². The molecule has 9 heteroatoms. The number of hydrogen-bond acceptors (Lipinski definition) is 4. The van der Waals surface area contributed by atoms with Gasteiger partial charge in [0.2, 0.25) is 0 Å². The number of ether oxygens (including phenoxy) is 3. The maximum atomic E-state index is 13.4. The van der Waals surface area contributed by atoms with E-state index in [1.807, 2.05) is 27.7 Å². The number of aryl methyl sites for hydroxylation is 2. The van der Waals surface area contributed by atoms with Crippen molar-refractivity contribution in [3.63, 3.8) is 0 Å². The van der Waals surface area contributed by atoms with Crippen LogP contribution in [0.25, 0.3) is 0 Å². The van der Waals surface area contributed by atoms with Gasteiger partial charge in [0, 0.05) is 22.2 Å². The highest BCUT2D eigenvalue weighted by molar-refractivity contribution is 9.10. The van der Waals surface area contributed by atoms with E-state index < -0.39 is 11.2 Å². The van der Waals surface area contributed by atoms with Crippen LogP contribution < -0.4 is 0 Å². The third-order valence-electron chi connectivity index (χ3n) is 4.79. The fraction of sp³-hybridized carbons (Fsp3) is 0.571. The topological polar surface area (TPSA) is 47.9 Å². The summed E-state index contributed by atoms with van der Waals surface area (Å²) in [6.45, 7) is 16.0. The van der Waals surface area contributed by atoms with Gasteiger partial charge in [-0.2, -0.15) is 0 Å². The Labute approximate surface area is 245 Å². The van der Waals surface area contributed by atoms with E-state index in [1.54, 1.807) is 39.8 Å². The van der Waals surface area contributed by atoms with E-state index in [4.69, 9.17) is 21.1 Å². The van der Waals surface area contributed by atoms with Crippen LogP contribution in [0.2, 0.25) is 0 Å². The van der Waals surface area contributed by atoms with Crippen molar-refractivity contribution >= 4 is 43.5 Å². The number of alkyl halides is 1. The van der Waals surface area contributed by atoms with Crippen molar-refractivity contribution < 1.29 is 28.1 Å². The van der Waals surface area contributed by atoms with E-state index in [1.165, 1.54) is 12.1 Å². The highest BCUT2D eigenvalue weighted by Crippen LogP contribution is 2.33. The Bertz CT molecular complexity index is 918. The zero-order valence-corrected chi connectivity index (χ0v) is 25.6. The number of aliphatic hydroxyl groups is 1. The van der Waals surface area contributed by atoms with Crippen molar-refractivity contribution in [2.75, 3.05) is 26.1 Å². The smallest absolute Gasteiger partial charge is 0.147 e. The molecule has 2 rings (SSSR count). The second-order valence-electron chi connectivity index (χ2n) is 8.59. The normalized spacial score (nSPS) is 10.8. The third kappa shape index (κ3) is 14.9. The fourth-order valence-electron chi connectivity index (χ4n) is 2.67. The quantitative estimate of drug-likeness (QED) is 0.172. The molecule has 0 aliphatic carbocycles. The Morgan fingerprint density at radius 1 is 0.811 bits per heavy atom. The number of hydrogen-bond donors (Lipinski definition) is 1. The van der Waals surface area contributed by atoms with E-state index in [0.717, 1.165) is 5.56 Å². The van der Waals surface area contributed by atoms with Gasteiger partial charge in [0.25, 0.3) is 0 Å². The van der Waals surface area contributed by atoms with E-state index in [0.29, 0.717) is 44.9 Å².